The number of nitrogens with one attached hydrogen (secondary N) is 2. The van der Waals surface area contributed by atoms with Crippen LogP contribution in [0.1, 0.15) is 40.8 Å². The van der Waals surface area contributed by atoms with E-state index in [1.165, 1.54) is 11.1 Å². The van der Waals surface area contributed by atoms with Crippen molar-refractivity contribution in [3.63, 3.8) is 0 Å². The van der Waals surface area contributed by atoms with E-state index in [9.17, 15) is 4.79 Å². The van der Waals surface area contributed by atoms with Crippen LogP contribution < -0.4 is 20.1 Å². The van der Waals surface area contributed by atoms with Crippen molar-refractivity contribution in [1.82, 2.24) is 14.8 Å². The molecule has 5 rings (SSSR count). The lowest BCUT2D eigenvalue weighted by Crippen LogP contribution is -2.32. The van der Waals surface area contributed by atoms with Crippen molar-refractivity contribution in [3.8, 4) is 11.5 Å². The summed E-state index contributed by atoms with van der Waals surface area (Å²) >= 11 is 1.55. The molecule has 0 bridgehead atoms. The number of ether oxygens (including phenoxy) is 2. The predicted octanol–water partition coefficient (Wildman–Crippen LogP) is 6.44. The first kappa shape index (κ1) is 27.3. The largest absolute Gasteiger partial charge is 0.497 e. The fourth-order valence-corrected chi connectivity index (χ4v) is 5.68. The van der Waals surface area contributed by atoms with E-state index in [-0.39, 0.29) is 5.91 Å². The van der Waals surface area contributed by atoms with Crippen molar-refractivity contribution in [2.45, 2.75) is 44.6 Å². The van der Waals surface area contributed by atoms with Gasteiger partial charge < -0.3 is 20.1 Å². The van der Waals surface area contributed by atoms with Gasteiger partial charge in [0.2, 0.25) is 11.1 Å². The molecule has 206 valence electrons. The van der Waals surface area contributed by atoms with Crippen molar-refractivity contribution >= 4 is 29.3 Å². The van der Waals surface area contributed by atoms with Gasteiger partial charge >= 0.3 is 0 Å². The van der Waals surface area contributed by atoms with E-state index in [1.54, 1.807) is 30.7 Å². The second kappa shape index (κ2) is 11.5. The van der Waals surface area contributed by atoms with Crippen LogP contribution in [-0.4, -0.2) is 34.9 Å². The Morgan fingerprint density at radius 1 is 1.00 bits per heavy atom. The fraction of sp³-hybridized carbons (Fsp3) is 0.258. The van der Waals surface area contributed by atoms with E-state index in [2.05, 4.69) is 41.8 Å². The highest BCUT2D eigenvalue weighted by Gasteiger charge is 2.36. The Balaban J connectivity index is 1.55. The molecule has 1 aromatic heterocycles. The molecule has 1 amide bonds. The Morgan fingerprint density at radius 3 is 2.52 bits per heavy atom. The third-order valence-electron chi connectivity index (χ3n) is 6.89. The molecule has 0 fully saturated rings. The van der Waals surface area contributed by atoms with Gasteiger partial charge in [0.05, 0.1) is 19.8 Å². The van der Waals surface area contributed by atoms with Crippen molar-refractivity contribution in [3.05, 3.63) is 99.8 Å². The van der Waals surface area contributed by atoms with Crippen LogP contribution in [0.2, 0.25) is 0 Å². The van der Waals surface area contributed by atoms with Gasteiger partial charge in [0.15, 0.2) is 0 Å². The number of nitrogens with zero attached hydrogens (tertiary/aromatic N) is 3. The fourth-order valence-electron chi connectivity index (χ4n) is 4.91. The predicted molar refractivity (Wildman–Crippen MR) is 159 cm³/mol. The molecule has 2 heterocycles. The van der Waals surface area contributed by atoms with Crippen molar-refractivity contribution in [1.29, 1.82) is 0 Å². The summed E-state index contributed by atoms with van der Waals surface area (Å²) in [6.45, 7) is 7.98. The highest BCUT2D eigenvalue weighted by Crippen LogP contribution is 2.41. The minimum Gasteiger partial charge on any atom is -0.497 e. The molecule has 2 N–H and O–H groups in total. The Hall–Kier alpha value is -4.24. The van der Waals surface area contributed by atoms with Crippen LogP contribution in [0.25, 0.3) is 0 Å². The number of aryl methyl sites for hydroxylation is 3. The lowest BCUT2D eigenvalue weighted by molar-refractivity contribution is -0.113. The maximum absolute atomic E-state index is 13.9. The van der Waals surface area contributed by atoms with E-state index in [0.29, 0.717) is 33.9 Å². The molecule has 9 heteroatoms. The number of aromatic nitrogens is 3. The van der Waals surface area contributed by atoms with Crippen LogP contribution in [0, 0.1) is 20.8 Å². The van der Waals surface area contributed by atoms with E-state index < -0.39 is 6.04 Å². The van der Waals surface area contributed by atoms with E-state index in [0.717, 1.165) is 28.1 Å². The summed E-state index contributed by atoms with van der Waals surface area (Å²) in [5.74, 6) is 2.31. The first-order chi connectivity index (χ1) is 19.3. The van der Waals surface area contributed by atoms with Gasteiger partial charge in [0, 0.05) is 28.8 Å². The zero-order valence-electron chi connectivity index (χ0n) is 23.5. The van der Waals surface area contributed by atoms with Crippen LogP contribution in [-0.2, 0) is 10.5 Å². The minimum absolute atomic E-state index is 0.227. The maximum Gasteiger partial charge on any atom is 0.255 e. The second-order valence-electron chi connectivity index (χ2n) is 9.89. The molecule has 40 heavy (non-hydrogen) atoms. The summed E-state index contributed by atoms with van der Waals surface area (Å²) in [5, 5.41) is 11.9. The molecule has 1 atom stereocenters. The zero-order valence-corrected chi connectivity index (χ0v) is 24.3. The molecule has 0 unspecified atom stereocenters. The molecular weight excluding hydrogens is 522 g/mol. The number of thioether (sulfide) groups is 1. The lowest BCUT2D eigenvalue weighted by atomic mass is 9.94. The summed E-state index contributed by atoms with van der Waals surface area (Å²) in [5.41, 5.74) is 7.28. The second-order valence-corrected chi connectivity index (χ2v) is 10.8. The van der Waals surface area contributed by atoms with Crippen molar-refractivity contribution < 1.29 is 14.3 Å². The highest BCUT2D eigenvalue weighted by atomic mass is 32.2. The molecule has 0 spiro atoms. The lowest BCUT2D eigenvalue weighted by Gasteiger charge is -2.29. The number of anilines is 2. The van der Waals surface area contributed by atoms with Gasteiger partial charge in [-0.25, -0.2) is 4.68 Å². The molecule has 4 aromatic rings. The monoisotopic (exact) mass is 555 g/mol. The number of allylic oxidation sites excluding steroid dienone is 1. The van der Waals surface area contributed by atoms with Crippen molar-refractivity contribution in [2.24, 2.45) is 0 Å². The van der Waals surface area contributed by atoms with Crippen LogP contribution >= 0.6 is 11.8 Å². The summed E-state index contributed by atoms with van der Waals surface area (Å²) < 4.78 is 13.0. The quantitative estimate of drug-likeness (QED) is 0.242. The van der Waals surface area contributed by atoms with Crippen LogP contribution in [0.3, 0.4) is 0 Å². The molecule has 0 aliphatic carbocycles. The van der Waals surface area contributed by atoms with E-state index >= 15 is 0 Å². The number of amides is 1. The molecule has 0 radical (unpaired) electrons. The van der Waals surface area contributed by atoms with Crippen LogP contribution in [0.4, 0.5) is 11.6 Å². The smallest absolute Gasteiger partial charge is 0.255 e. The molecule has 0 saturated heterocycles. The molecule has 3 aromatic carbocycles. The number of methoxy groups -OCH3 is 2. The van der Waals surface area contributed by atoms with Gasteiger partial charge in [-0.15, -0.1) is 5.10 Å². The average Bonchev–Trinajstić information content (AvgIpc) is 3.34. The SMILES string of the molecule is COc1ccc([C@H]2C(C(=O)Nc3ccc(C)cc3C)=C(C)Nc3nc(SCc4cccc(C)c4)nn32)c(OC)c1. The molecule has 0 saturated carbocycles. The maximum atomic E-state index is 13.9. The number of carbonyl (C=O) groups is 1. The summed E-state index contributed by atoms with van der Waals surface area (Å²) in [6.07, 6.45) is 0. The Bertz CT molecular complexity index is 1610. The molecule has 1 aliphatic rings. The molecule has 1 aliphatic heterocycles. The topological polar surface area (TPSA) is 90.3 Å². The number of rotatable bonds is 8. The van der Waals surface area contributed by atoms with Crippen molar-refractivity contribution in [2.75, 3.05) is 24.9 Å². The zero-order chi connectivity index (χ0) is 28.4. The van der Waals surface area contributed by atoms with Gasteiger partial charge in [-0.1, -0.05) is 59.3 Å². The minimum atomic E-state index is -0.580. The third kappa shape index (κ3) is 5.56. The van der Waals surface area contributed by atoms with E-state index in [4.69, 9.17) is 19.6 Å². The first-order valence-electron chi connectivity index (χ1n) is 13.0. The number of carbonyl (C=O) groups excluding carboxylic acids is 1. The summed E-state index contributed by atoms with van der Waals surface area (Å²) in [7, 11) is 3.22. The average molecular weight is 556 g/mol. The summed E-state index contributed by atoms with van der Waals surface area (Å²) in [4.78, 5) is 18.7. The number of hydrogen-bond donors (Lipinski definition) is 2. The first-order valence-corrected chi connectivity index (χ1v) is 14.0. The van der Waals surface area contributed by atoms with Gasteiger partial charge in [0.1, 0.15) is 17.5 Å². The van der Waals surface area contributed by atoms with Crippen LogP contribution in [0.5, 0.6) is 11.5 Å². The highest BCUT2D eigenvalue weighted by molar-refractivity contribution is 7.98. The van der Waals surface area contributed by atoms with Gasteiger partial charge in [-0.05, 0) is 57.0 Å². The standard InChI is InChI=1S/C31H33N5O3S/c1-18-8-7-9-22(15-18)17-40-31-34-30-32-21(4)27(29(37)33-25-13-10-19(2)14-20(25)3)28(36(30)35-31)24-12-11-23(38-5)16-26(24)39-6/h7-16,28H,17H2,1-6H3,(H,33,37)(H,32,34,35)/t28-/m0/s1. The Morgan fingerprint density at radius 2 is 1.80 bits per heavy atom. The number of benzene rings is 3. The summed E-state index contributed by atoms with van der Waals surface area (Å²) in [6, 6.07) is 19.4. The Kier molecular flexibility index (Phi) is 7.84. The van der Waals surface area contributed by atoms with Gasteiger partial charge in [-0.2, -0.15) is 4.98 Å². The number of fused-ring (bicyclic) bond motifs is 1. The molecule has 8 nitrogen and oxygen atoms in total. The van der Waals surface area contributed by atoms with E-state index in [1.807, 2.05) is 57.2 Å². The van der Waals surface area contributed by atoms with Crippen LogP contribution in [0.15, 0.2) is 77.1 Å². The Labute approximate surface area is 238 Å². The number of hydrogen-bond acceptors (Lipinski definition) is 7. The normalized spacial score (nSPS) is 14.4. The van der Waals surface area contributed by atoms with Gasteiger partial charge in [-0.3, -0.25) is 4.79 Å². The molecular formula is C31H33N5O3S. The third-order valence-corrected chi connectivity index (χ3v) is 7.80. The van der Waals surface area contributed by atoms with Gasteiger partial charge in [0.25, 0.3) is 5.91 Å².